The van der Waals surface area contributed by atoms with Gasteiger partial charge in [-0.25, -0.2) is 13.3 Å². The van der Waals surface area contributed by atoms with E-state index in [9.17, 15) is 18.0 Å². The Morgan fingerprint density at radius 1 is 1.03 bits per heavy atom. The molecule has 2 amide bonds. The van der Waals surface area contributed by atoms with Crippen molar-refractivity contribution in [2.45, 2.75) is 50.1 Å². The number of halogens is 3. The number of hydrogen-bond donors (Lipinski definition) is 0. The van der Waals surface area contributed by atoms with E-state index in [0.29, 0.717) is 17.1 Å². The number of sulfonamides is 1. The van der Waals surface area contributed by atoms with Gasteiger partial charge in [0.25, 0.3) is 5.91 Å². The summed E-state index contributed by atoms with van der Waals surface area (Å²) in [5.41, 5.74) is -0.657. The summed E-state index contributed by atoms with van der Waals surface area (Å²) in [5, 5.41) is 0.618. The summed E-state index contributed by atoms with van der Waals surface area (Å²) >= 11 is 18.1. The van der Waals surface area contributed by atoms with E-state index in [0.717, 1.165) is 9.21 Å². The zero-order valence-electron chi connectivity index (χ0n) is 17.1. The standard InChI is InChI=1S/C21H21Cl3N2O4S/c1-4-21(2,3)26(31(29,30)18-11-14(23)7-10-16(18)24)17-12-19(27)25(20(17)28)15-8-5-13(22)6-9-15/h5-11,17H,4,12H2,1-3H3. The second-order valence-electron chi connectivity index (χ2n) is 7.81. The molecule has 31 heavy (non-hydrogen) atoms. The lowest BCUT2D eigenvalue weighted by Gasteiger charge is -2.39. The summed E-state index contributed by atoms with van der Waals surface area (Å²) in [6.45, 7) is 5.21. The number of nitrogens with zero attached hydrogens (tertiary/aromatic N) is 2. The molecule has 0 aromatic heterocycles. The van der Waals surface area contributed by atoms with E-state index in [2.05, 4.69) is 0 Å². The number of carbonyl (C=O) groups excluding carboxylic acids is 2. The Balaban J connectivity index is 2.12. The van der Waals surface area contributed by atoms with Crippen LogP contribution in [0.5, 0.6) is 0 Å². The molecule has 1 atom stereocenters. The molecule has 0 bridgehead atoms. The van der Waals surface area contributed by atoms with Gasteiger partial charge < -0.3 is 0 Å². The molecular weight excluding hydrogens is 483 g/mol. The Hall–Kier alpha value is -1.64. The van der Waals surface area contributed by atoms with Crippen LogP contribution in [0.4, 0.5) is 5.69 Å². The second-order valence-corrected chi connectivity index (χ2v) is 10.9. The average Bonchev–Trinajstić information content (AvgIpc) is 2.97. The predicted octanol–water partition coefficient (Wildman–Crippen LogP) is 5.16. The molecule has 0 spiro atoms. The first-order chi connectivity index (χ1) is 14.4. The minimum atomic E-state index is -4.28. The van der Waals surface area contributed by atoms with Gasteiger partial charge in [0.05, 0.1) is 17.1 Å². The highest BCUT2D eigenvalue weighted by atomic mass is 35.5. The van der Waals surface area contributed by atoms with E-state index >= 15 is 0 Å². The lowest BCUT2D eigenvalue weighted by Crippen LogP contribution is -2.55. The number of hydrogen-bond acceptors (Lipinski definition) is 4. The molecule has 2 aromatic carbocycles. The van der Waals surface area contributed by atoms with E-state index in [1.54, 1.807) is 32.9 Å². The third-order valence-corrected chi connectivity index (χ3v) is 8.47. The molecule has 1 unspecified atom stereocenters. The van der Waals surface area contributed by atoms with Crippen molar-refractivity contribution in [2.75, 3.05) is 4.90 Å². The molecule has 0 N–H and O–H groups in total. The van der Waals surface area contributed by atoms with Gasteiger partial charge in [0.1, 0.15) is 10.9 Å². The summed E-state index contributed by atoms with van der Waals surface area (Å²) in [6, 6.07) is 9.08. The van der Waals surface area contributed by atoms with Crippen LogP contribution in [0.3, 0.4) is 0 Å². The Kier molecular flexibility index (Phi) is 6.75. The number of amides is 2. The van der Waals surface area contributed by atoms with Crippen molar-refractivity contribution in [1.82, 2.24) is 4.31 Å². The number of rotatable bonds is 6. The van der Waals surface area contributed by atoms with E-state index in [1.165, 1.54) is 30.3 Å². The first-order valence-electron chi connectivity index (χ1n) is 9.52. The van der Waals surface area contributed by atoms with Crippen molar-refractivity contribution in [3.63, 3.8) is 0 Å². The van der Waals surface area contributed by atoms with Gasteiger partial charge in [-0.2, -0.15) is 4.31 Å². The van der Waals surface area contributed by atoms with Gasteiger partial charge in [-0.05, 0) is 62.7 Å². The SMILES string of the molecule is CCC(C)(C)N(C1CC(=O)N(c2ccc(Cl)cc2)C1=O)S(=O)(=O)c1cc(Cl)ccc1Cl. The Morgan fingerprint density at radius 3 is 2.19 bits per heavy atom. The minimum Gasteiger partial charge on any atom is -0.274 e. The second kappa shape index (κ2) is 8.71. The van der Waals surface area contributed by atoms with Crippen LogP contribution < -0.4 is 4.90 Å². The minimum absolute atomic E-state index is 0.0207. The van der Waals surface area contributed by atoms with Crippen molar-refractivity contribution < 1.29 is 18.0 Å². The summed E-state index contributed by atoms with van der Waals surface area (Å²) in [6.07, 6.45) is 0.103. The third kappa shape index (κ3) is 4.47. The van der Waals surface area contributed by atoms with Crippen LogP contribution in [0.1, 0.15) is 33.6 Å². The topological polar surface area (TPSA) is 74.8 Å². The van der Waals surface area contributed by atoms with Crippen LogP contribution in [-0.2, 0) is 19.6 Å². The van der Waals surface area contributed by atoms with Crippen LogP contribution in [0.25, 0.3) is 0 Å². The summed E-state index contributed by atoms with van der Waals surface area (Å²) in [5.74, 6) is -1.13. The molecule has 3 rings (SSSR count). The van der Waals surface area contributed by atoms with Gasteiger partial charge in [0.2, 0.25) is 15.9 Å². The molecule has 1 fully saturated rings. The third-order valence-electron chi connectivity index (χ3n) is 5.38. The molecule has 1 aliphatic heterocycles. The van der Waals surface area contributed by atoms with Crippen molar-refractivity contribution >= 4 is 62.3 Å². The Morgan fingerprint density at radius 2 is 1.61 bits per heavy atom. The van der Waals surface area contributed by atoms with Crippen LogP contribution in [-0.4, -0.2) is 36.1 Å². The molecule has 1 aliphatic rings. The predicted molar refractivity (Wildman–Crippen MR) is 122 cm³/mol. The molecule has 0 aliphatic carbocycles. The summed E-state index contributed by atoms with van der Waals surface area (Å²) in [7, 11) is -4.28. The highest BCUT2D eigenvalue weighted by Gasteiger charge is 2.51. The molecule has 0 saturated carbocycles. The first kappa shape index (κ1) is 24.0. The molecule has 2 aromatic rings. The van der Waals surface area contributed by atoms with Gasteiger partial charge in [-0.3, -0.25) is 9.59 Å². The monoisotopic (exact) mass is 502 g/mol. The normalized spacial score (nSPS) is 17.6. The van der Waals surface area contributed by atoms with Crippen molar-refractivity contribution in [1.29, 1.82) is 0 Å². The Bertz CT molecular complexity index is 1130. The fraction of sp³-hybridized carbons (Fsp3) is 0.333. The largest absolute Gasteiger partial charge is 0.274 e. The molecule has 6 nitrogen and oxygen atoms in total. The summed E-state index contributed by atoms with van der Waals surface area (Å²) in [4.78, 5) is 26.9. The number of benzene rings is 2. The molecule has 1 heterocycles. The van der Waals surface area contributed by atoms with Crippen LogP contribution >= 0.6 is 34.8 Å². The molecule has 0 radical (unpaired) electrons. The fourth-order valence-electron chi connectivity index (χ4n) is 3.51. The van der Waals surface area contributed by atoms with E-state index in [4.69, 9.17) is 34.8 Å². The zero-order valence-corrected chi connectivity index (χ0v) is 20.2. The van der Waals surface area contributed by atoms with E-state index in [1.807, 2.05) is 0 Å². The number of imide groups is 1. The molecule has 1 saturated heterocycles. The maximum absolute atomic E-state index is 13.7. The van der Waals surface area contributed by atoms with Gasteiger partial charge in [0, 0.05) is 15.6 Å². The van der Waals surface area contributed by atoms with Gasteiger partial charge in [-0.1, -0.05) is 41.7 Å². The Labute approximate surface area is 196 Å². The lowest BCUT2D eigenvalue weighted by atomic mass is 10.00. The maximum Gasteiger partial charge on any atom is 0.252 e. The van der Waals surface area contributed by atoms with Crippen LogP contribution in [0.15, 0.2) is 47.4 Å². The van der Waals surface area contributed by atoms with Crippen molar-refractivity contribution in [3.8, 4) is 0 Å². The van der Waals surface area contributed by atoms with Gasteiger partial charge in [0.15, 0.2) is 0 Å². The zero-order chi connectivity index (χ0) is 23.1. The van der Waals surface area contributed by atoms with E-state index in [-0.39, 0.29) is 21.4 Å². The molecule has 10 heteroatoms. The highest BCUT2D eigenvalue weighted by molar-refractivity contribution is 7.89. The summed E-state index contributed by atoms with van der Waals surface area (Å²) < 4.78 is 28.5. The van der Waals surface area contributed by atoms with Crippen LogP contribution in [0, 0.1) is 0 Å². The quantitative estimate of drug-likeness (QED) is 0.510. The number of carbonyl (C=O) groups is 2. The molecule has 166 valence electrons. The maximum atomic E-state index is 13.7. The average molecular weight is 504 g/mol. The lowest BCUT2D eigenvalue weighted by molar-refractivity contribution is -0.122. The number of anilines is 1. The van der Waals surface area contributed by atoms with Gasteiger partial charge in [-0.15, -0.1) is 0 Å². The van der Waals surface area contributed by atoms with Crippen molar-refractivity contribution in [2.24, 2.45) is 0 Å². The smallest absolute Gasteiger partial charge is 0.252 e. The van der Waals surface area contributed by atoms with Gasteiger partial charge >= 0.3 is 0 Å². The molecular formula is C21H21Cl3N2O4S. The first-order valence-corrected chi connectivity index (χ1v) is 12.1. The fourth-order valence-corrected chi connectivity index (χ4v) is 6.37. The van der Waals surface area contributed by atoms with Crippen LogP contribution in [0.2, 0.25) is 15.1 Å². The van der Waals surface area contributed by atoms with E-state index < -0.39 is 33.4 Å². The van der Waals surface area contributed by atoms with Crippen molar-refractivity contribution in [3.05, 3.63) is 57.5 Å². The highest BCUT2D eigenvalue weighted by Crippen LogP contribution is 2.38.